The first-order chi connectivity index (χ1) is 15.5. The minimum atomic E-state index is -0.216. The van der Waals surface area contributed by atoms with E-state index in [-0.39, 0.29) is 5.91 Å². The Hall–Kier alpha value is -3.10. The van der Waals surface area contributed by atoms with Gasteiger partial charge in [-0.3, -0.25) is 9.69 Å². The van der Waals surface area contributed by atoms with Gasteiger partial charge in [0.15, 0.2) is 16.6 Å². The summed E-state index contributed by atoms with van der Waals surface area (Å²) in [6.45, 7) is 0.372. The first-order valence-corrected chi connectivity index (χ1v) is 11.4. The van der Waals surface area contributed by atoms with Crippen molar-refractivity contribution >= 4 is 48.5 Å². The molecule has 0 unspecified atom stereocenters. The van der Waals surface area contributed by atoms with E-state index in [2.05, 4.69) is 15.9 Å². The van der Waals surface area contributed by atoms with E-state index in [9.17, 15) is 4.79 Å². The Morgan fingerprint density at radius 3 is 2.28 bits per heavy atom. The monoisotopic (exact) mass is 512 g/mol. The first-order valence-electron chi connectivity index (χ1n) is 9.76. The van der Waals surface area contributed by atoms with Crippen LogP contribution in [0, 0.1) is 0 Å². The van der Waals surface area contributed by atoms with Gasteiger partial charge in [0.05, 0.1) is 38.1 Å². The molecule has 4 rings (SSSR count). The third kappa shape index (κ3) is 4.42. The molecule has 0 spiro atoms. The number of methoxy groups -OCH3 is 3. The highest BCUT2D eigenvalue weighted by molar-refractivity contribution is 9.10. The summed E-state index contributed by atoms with van der Waals surface area (Å²) in [4.78, 5) is 20.2. The molecular weight excluding hydrogens is 492 g/mol. The molecule has 164 valence electrons. The molecule has 0 saturated heterocycles. The second kappa shape index (κ2) is 9.58. The summed E-state index contributed by atoms with van der Waals surface area (Å²) in [6.07, 6.45) is 0. The smallest absolute Gasteiger partial charge is 0.260 e. The number of nitrogens with zero attached hydrogens (tertiary/aromatic N) is 2. The fraction of sp³-hybridized carbons (Fsp3) is 0.167. The van der Waals surface area contributed by atoms with Crippen molar-refractivity contribution < 1.29 is 19.0 Å². The fourth-order valence-corrected chi connectivity index (χ4v) is 4.87. The van der Waals surface area contributed by atoms with E-state index in [1.165, 1.54) is 32.7 Å². The lowest BCUT2D eigenvalue weighted by Gasteiger charge is -2.21. The molecule has 0 aliphatic rings. The largest absolute Gasteiger partial charge is 0.493 e. The number of hydrogen-bond donors (Lipinski definition) is 0. The van der Waals surface area contributed by atoms with E-state index in [1.54, 1.807) is 17.0 Å². The molecular formula is C24H21BrN2O4S. The normalized spacial score (nSPS) is 10.8. The third-order valence-electron chi connectivity index (χ3n) is 4.91. The highest BCUT2D eigenvalue weighted by atomic mass is 79.9. The number of rotatable bonds is 7. The Labute approximate surface area is 198 Å². The maximum absolute atomic E-state index is 13.8. The second-order valence-electron chi connectivity index (χ2n) is 6.90. The summed E-state index contributed by atoms with van der Waals surface area (Å²) in [5.74, 6) is 1.06. The van der Waals surface area contributed by atoms with Crippen LogP contribution in [0.5, 0.6) is 17.2 Å². The van der Waals surface area contributed by atoms with Crippen LogP contribution in [0.4, 0.5) is 5.13 Å². The molecule has 1 aromatic heterocycles. The molecule has 0 aliphatic carbocycles. The molecule has 0 bridgehead atoms. The summed E-state index contributed by atoms with van der Waals surface area (Å²) in [5.41, 5.74) is 2.24. The molecule has 4 aromatic rings. The first kappa shape index (κ1) is 22.1. The number of aromatic nitrogens is 1. The van der Waals surface area contributed by atoms with Crippen molar-refractivity contribution in [3.8, 4) is 17.2 Å². The van der Waals surface area contributed by atoms with Gasteiger partial charge in [-0.1, -0.05) is 57.6 Å². The maximum Gasteiger partial charge on any atom is 0.260 e. The van der Waals surface area contributed by atoms with Crippen molar-refractivity contribution in [1.82, 2.24) is 4.98 Å². The Morgan fingerprint density at radius 2 is 1.66 bits per heavy atom. The molecule has 8 heteroatoms. The highest BCUT2D eigenvalue weighted by Gasteiger charge is 2.25. The van der Waals surface area contributed by atoms with Crippen molar-refractivity contribution in [2.75, 3.05) is 26.2 Å². The summed E-state index contributed by atoms with van der Waals surface area (Å²) in [5, 5.41) is 0.612. The summed E-state index contributed by atoms with van der Waals surface area (Å²) in [7, 11) is 4.58. The van der Waals surface area contributed by atoms with Crippen LogP contribution in [0.15, 0.2) is 65.1 Å². The van der Waals surface area contributed by atoms with Gasteiger partial charge < -0.3 is 14.2 Å². The molecule has 6 nitrogen and oxygen atoms in total. The number of fused-ring (bicyclic) bond motifs is 1. The van der Waals surface area contributed by atoms with Crippen molar-refractivity contribution in [2.45, 2.75) is 6.54 Å². The quantitative estimate of drug-likeness (QED) is 0.307. The summed E-state index contributed by atoms with van der Waals surface area (Å²) in [6, 6.07) is 19.0. The van der Waals surface area contributed by atoms with Crippen molar-refractivity contribution in [3.05, 3.63) is 76.3 Å². The van der Waals surface area contributed by atoms with E-state index >= 15 is 0 Å². The van der Waals surface area contributed by atoms with E-state index in [1.807, 2.05) is 48.5 Å². The number of ether oxygens (including phenoxy) is 3. The van der Waals surface area contributed by atoms with Crippen LogP contribution >= 0.6 is 27.3 Å². The topological polar surface area (TPSA) is 60.9 Å². The molecule has 1 heterocycles. The zero-order valence-corrected chi connectivity index (χ0v) is 20.2. The number of thiazole rings is 1. The van der Waals surface area contributed by atoms with Crippen LogP contribution in [0.25, 0.3) is 10.2 Å². The molecule has 0 atom stereocenters. The van der Waals surface area contributed by atoms with Crippen molar-refractivity contribution in [3.63, 3.8) is 0 Å². The Bertz CT molecular complexity index is 1230. The van der Waals surface area contributed by atoms with E-state index < -0.39 is 0 Å². The van der Waals surface area contributed by atoms with Gasteiger partial charge in [-0.05, 0) is 35.9 Å². The fourth-order valence-electron chi connectivity index (χ4n) is 3.35. The number of anilines is 1. The molecule has 32 heavy (non-hydrogen) atoms. The van der Waals surface area contributed by atoms with Crippen LogP contribution in [0.1, 0.15) is 15.9 Å². The molecule has 0 saturated carbocycles. The minimum Gasteiger partial charge on any atom is -0.493 e. The number of amides is 1. The summed E-state index contributed by atoms with van der Waals surface area (Å²) < 4.78 is 18.2. The van der Waals surface area contributed by atoms with Gasteiger partial charge in [0.2, 0.25) is 5.75 Å². The van der Waals surface area contributed by atoms with Crippen LogP contribution in [0.2, 0.25) is 0 Å². The van der Waals surface area contributed by atoms with Gasteiger partial charge in [0.25, 0.3) is 5.91 Å². The third-order valence-corrected chi connectivity index (χ3v) is 6.44. The van der Waals surface area contributed by atoms with Crippen LogP contribution in [0.3, 0.4) is 0 Å². The van der Waals surface area contributed by atoms with Gasteiger partial charge in [-0.25, -0.2) is 4.98 Å². The number of halogens is 1. The number of carbonyl (C=O) groups is 1. The van der Waals surface area contributed by atoms with Crippen LogP contribution in [-0.2, 0) is 6.54 Å². The number of carbonyl (C=O) groups excluding carboxylic acids is 1. The van der Waals surface area contributed by atoms with Gasteiger partial charge in [0.1, 0.15) is 0 Å². The van der Waals surface area contributed by atoms with E-state index in [0.717, 1.165) is 20.3 Å². The SMILES string of the molecule is COc1cc(C(=O)N(Cc2ccccc2)c2nc3ccc(Br)cc3s2)cc(OC)c1OC. The van der Waals surface area contributed by atoms with Gasteiger partial charge in [-0.15, -0.1) is 0 Å². The van der Waals surface area contributed by atoms with Gasteiger partial charge in [0, 0.05) is 10.0 Å². The second-order valence-corrected chi connectivity index (χ2v) is 8.82. The van der Waals surface area contributed by atoms with Crippen molar-refractivity contribution in [2.24, 2.45) is 0 Å². The minimum absolute atomic E-state index is 0.216. The molecule has 0 radical (unpaired) electrons. The predicted octanol–water partition coefficient (Wildman–Crippen LogP) is 5.93. The molecule has 0 aliphatic heterocycles. The maximum atomic E-state index is 13.8. The lowest BCUT2D eigenvalue weighted by atomic mass is 10.1. The lowest BCUT2D eigenvalue weighted by Crippen LogP contribution is -2.30. The Kier molecular flexibility index (Phi) is 6.62. The Morgan fingerprint density at radius 1 is 0.969 bits per heavy atom. The zero-order valence-electron chi connectivity index (χ0n) is 17.8. The number of benzene rings is 3. The Balaban J connectivity index is 1.81. The molecule has 0 N–H and O–H groups in total. The molecule has 0 fully saturated rings. The van der Waals surface area contributed by atoms with Gasteiger partial charge in [-0.2, -0.15) is 0 Å². The lowest BCUT2D eigenvalue weighted by molar-refractivity contribution is 0.0984. The van der Waals surface area contributed by atoms with E-state index in [4.69, 9.17) is 19.2 Å². The van der Waals surface area contributed by atoms with Crippen LogP contribution in [-0.4, -0.2) is 32.2 Å². The standard InChI is InChI=1S/C24H21BrN2O4S/c1-29-19-11-16(12-20(30-2)22(19)31-3)23(28)27(14-15-7-5-4-6-8-15)24-26-18-10-9-17(25)13-21(18)32-24/h4-13H,14H2,1-3H3. The average molecular weight is 513 g/mol. The van der Waals surface area contributed by atoms with Crippen LogP contribution < -0.4 is 19.1 Å². The highest BCUT2D eigenvalue weighted by Crippen LogP contribution is 2.39. The van der Waals surface area contributed by atoms with E-state index in [0.29, 0.717) is 34.5 Å². The van der Waals surface area contributed by atoms with Gasteiger partial charge >= 0.3 is 0 Å². The average Bonchev–Trinajstić information content (AvgIpc) is 3.24. The van der Waals surface area contributed by atoms with Crippen molar-refractivity contribution in [1.29, 1.82) is 0 Å². The molecule has 1 amide bonds. The number of hydrogen-bond acceptors (Lipinski definition) is 6. The summed E-state index contributed by atoms with van der Waals surface area (Å²) >= 11 is 4.97. The molecule has 3 aromatic carbocycles. The zero-order chi connectivity index (χ0) is 22.7. The predicted molar refractivity (Wildman–Crippen MR) is 130 cm³/mol.